The lowest BCUT2D eigenvalue weighted by Gasteiger charge is -2.09. The summed E-state index contributed by atoms with van der Waals surface area (Å²) in [5, 5.41) is 24.9. The lowest BCUT2D eigenvalue weighted by atomic mass is 10.1. The van der Waals surface area contributed by atoms with Crippen LogP contribution in [0.3, 0.4) is 0 Å². The number of nitrogens with zero attached hydrogens (tertiary/aromatic N) is 2. The van der Waals surface area contributed by atoms with Gasteiger partial charge in [0.25, 0.3) is 0 Å². The summed E-state index contributed by atoms with van der Waals surface area (Å²) in [6.07, 6.45) is 0. The number of hydrogen-bond acceptors (Lipinski definition) is 10. The molecular formula is C40H36N10O4. The van der Waals surface area contributed by atoms with E-state index in [1.165, 1.54) is 0 Å². The minimum Gasteiger partial charge on any atom is -0.423 e. The SMILES string of the molecule is N=C(N)c1ccc2cc(OC(=O)c3ccc(N=C(N)N)cc3)ccc2c1.N=C(N)c1ccc2cc(OC(=O)c3ccc(NC4=NCCN4)cc3)ccc2c1. The maximum atomic E-state index is 12.4. The van der Waals surface area contributed by atoms with Gasteiger partial charge in [0.2, 0.25) is 0 Å². The van der Waals surface area contributed by atoms with Crippen molar-refractivity contribution in [1.82, 2.24) is 5.32 Å². The lowest BCUT2D eigenvalue weighted by molar-refractivity contribution is 0.0725. The summed E-state index contributed by atoms with van der Waals surface area (Å²) in [6.45, 7) is 1.59. The van der Waals surface area contributed by atoms with Crippen LogP contribution in [0.4, 0.5) is 11.4 Å². The summed E-state index contributed by atoms with van der Waals surface area (Å²) in [7, 11) is 0. The molecule has 1 heterocycles. The van der Waals surface area contributed by atoms with Crippen LogP contribution in [0, 0.1) is 10.8 Å². The van der Waals surface area contributed by atoms with Crippen LogP contribution in [0.1, 0.15) is 31.8 Å². The number of nitrogens with one attached hydrogen (secondary N) is 4. The highest BCUT2D eigenvalue weighted by Crippen LogP contribution is 2.25. The molecule has 0 saturated heterocycles. The predicted molar refractivity (Wildman–Crippen MR) is 212 cm³/mol. The van der Waals surface area contributed by atoms with E-state index in [0.717, 1.165) is 46.3 Å². The molecule has 0 radical (unpaired) electrons. The zero-order valence-corrected chi connectivity index (χ0v) is 28.8. The molecule has 12 N–H and O–H groups in total. The third-order valence-corrected chi connectivity index (χ3v) is 8.09. The highest BCUT2D eigenvalue weighted by molar-refractivity contribution is 6.01. The third kappa shape index (κ3) is 9.13. The van der Waals surface area contributed by atoms with Crippen molar-refractivity contribution in [3.8, 4) is 11.5 Å². The molecule has 0 spiro atoms. The van der Waals surface area contributed by atoms with Gasteiger partial charge in [-0.05, 0) is 106 Å². The van der Waals surface area contributed by atoms with Gasteiger partial charge in [-0.25, -0.2) is 14.6 Å². The van der Waals surface area contributed by atoms with Gasteiger partial charge in [0.15, 0.2) is 11.9 Å². The van der Waals surface area contributed by atoms with Gasteiger partial charge in [0.05, 0.1) is 23.4 Å². The first-order valence-corrected chi connectivity index (χ1v) is 16.6. The molecule has 0 amide bonds. The number of carbonyl (C=O) groups excluding carboxylic acids is 2. The first-order chi connectivity index (χ1) is 26.0. The van der Waals surface area contributed by atoms with Crippen molar-refractivity contribution in [2.45, 2.75) is 0 Å². The van der Waals surface area contributed by atoms with Crippen molar-refractivity contribution >= 4 is 68.4 Å². The first-order valence-electron chi connectivity index (χ1n) is 16.6. The number of amidine groups is 2. The number of carbonyl (C=O) groups is 2. The van der Waals surface area contributed by atoms with Gasteiger partial charge in [-0.3, -0.25) is 15.8 Å². The van der Waals surface area contributed by atoms with E-state index in [1.807, 2.05) is 48.5 Å². The zero-order valence-electron chi connectivity index (χ0n) is 28.8. The average Bonchev–Trinajstić information content (AvgIpc) is 3.68. The molecule has 0 saturated carbocycles. The van der Waals surface area contributed by atoms with Crippen molar-refractivity contribution in [1.29, 1.82) is 10.8 Å². The molecule has 1 aliphatic rings. The quantitative estimate of drug-likeness (QED) is 0.0454. The van der Waals surface area contributed by atoms with E-state index < -0.39 is 11.9 Å². The summed E-state index contributed by atoms with van der Waals surface area (Å²) in [5.74, 6) is 0.677. The molecule has 0 atom stereocenters. The molecule has 14 nitrogen and oxygen atoms in total. The van der Waals surface area contributed by atoms with Gasteiger partial charge in [-0.15, -0.1) is 0 Å². The maximum Gasteiger partial charge on any atom is 0.343 e. The number of rotatable bonds is 8. The van der Waals surface area contributed by atoms with Gasteiger partial charge in [-0.2, -0.15) is 0 Å². The molecule has 7 rings (SSSR count). The van der Waals surface area contributed by atoms with Gasteiger partial charge >= 0.3 is 11.9 Å². The van der Waals surface area contributed by atoms with Gasteiger partial charge in [-0.1, -0.05) is 36.4 Å². The van der Waals surface area contributed by atoms with Crippen LogP contribution in [0.25, 0.3) is 21.5 Å². The molecule has 0 bridgehead atoms. The summed E-state index contributed by atoms with van der Waals surface area (Å²) >= 11 is 0. The van der Waals surface area contributed by atoms with Crippen LogP contribution in [0.2, 0.25) is 0 Å². The summed E-state index contributed by atoms with van der Waals surface area (Å²) in [4.78, 5) is 32.9. The van der Waals surface area contributed by atoms with E-state index in [9.17, 15) is 9.59 Å². The van der Waals surface area contributed by atoms with Crippen molar-refractivity contribution in [3.05, 3.63) is 144 Å². The smallest absolute Gasteiger partial charge is 0.343 e. The minimum atomic E-state index is -0.485. The Bertz CT molecular complexity index is 2460. The average molecular weight is 721 g/mol. The zero-order chi connectivity index (χ0) is 38.2. The van der Waals surface area contributed by atoms with Gasteiger partial charge < -0.3 is 43.0 Å². The predicted octanol–water partition coefficient (Wildman–Crippen LogP) is 4.96. The van der Waals surface area contributed by atoms with Crippen LogP contribution in [-0.2, 0) is 0 Å². The van der Waals surface area contributed by atoms with E-state index in [2.05, 4.69) is 20.6 Å². The maximum absolute atomic E-state index is 12.4. The lowest BCUT2D eigenvalue weighted by Crippen LogP contribution is -2.26. The largest absolute Gasteiger partial charge is 0.423 e. The molecule has 6 aromatic carbocycles. The molecule has 14 heteroatoms. The van der Waals surface area contributed by atoms with E-state index in [-0.39, 0.29) is 17.6 Å². The minimum absolute atomic E-state index is 0.00609. The monoisotopic (exact) mass is 720 g/mol. The fraction of sp³-hybridized carbons (Fsp3) is 0.0500. The number of nitrogen functional groups attached to an aromatic ring is 2. The normalized spacial score (nSPS) is 11.7. The number of aliphatic imine (C=N–C) groups is 2. The standard InChI is InChI=1S/C21H19N5O2.C19H17N5O2/c22-19(23)16-2-1-15-12-18(8-5-14(15)11-16)28-20(27)13-3-6-17(7-4-13)26-21-24-9-10-25-21;20-17(21)14-2-1-13-10-16(8-5-12(13)9-14)26-18(25)11-3-6-15(7-4-11)24-19(22)23/h1-8,11-12H,9-10H2,(H3,22,23)(H2,24,25,26);1-10H,(H3,20,21)(H4,22,23,24). The Balaban J connectivity index is 0.000000185. The highest BCUT2D eigenvalue weighted by atomic mass is 16.5. The number of ether oxygens (including phenoxy) is 2. The number of fused-ring (bicyclic) bond motifs is 2. The second-order valence-electron chi connectivity index (χ2n) is 12.0. The van der Waals surface area contributed by atoms with E-state index >= 15 is 0 Å². The third-order valence-electron chi connectivity index (χ3n) is 8.09. The highest BCUT2D eigenvalue weighted by Gasteiger charge is 2.12. The first kappa shape index (κ1) is 36.1. The molecular weight excluding hydrogens is 685 g/mol. The molecule has 0 unspecified atom stereocenters. The van der Waals surface area contributed by atoms with Crippen LogP contribution in [-0.4, -0.2) is 48.6 Å². The van der Waals surface area contributed by atoms with E-state index in [0.29, 0.717) is 39.4 Å². The van der Waals surface area contributed by atoms with Crippen molar-refractivity contribution in [2.24, 2.45) is 32.9 Å². The summed E-state index contributed by atoms with van der Waals surface area (Å²) in [6, 6.07) is 34.9. The Hall–Kier alpha value is -7.74. The number of benzene rings is 6. The molecule has 0 aromatic heterocycles. The summed E-state index contributed by atoms with van der Waals surface area (Å²) < 4.78 is 10.9. The number of anilines is 1. The molecule has 0 aliphatic carbocycles. The van der Waals surface area contributed by atoms with E-state index in [4.69, 9.17) is 43.2 Å². The van der Waals surface area contributed by atoms with Gasteiger partial charge in [0.1, 0.15) is 23.2 Å². The van der Waals surface area contributed by atoms with Gasteiger partial charge in [0, 0.05) is 23.4 Å². The number of esters is 2. The van der Waals surface area contributed by atoms with Crippen molar-refractivity contribution in [3.63, 3.8) is 0 Å². The Morgan fingerprint density at radius 1 is 0.611 bits per heavy atom. The van der Waals surface area contributed by atoms with Crippen LogP contribution in [0.5, 0.6) is 11.5 Å². The van der Waals surface area contributed by atoms with Crippen LogP contribution < -0.4 is 43.0 Å². The van der Waals surface area contributed by atoms with Crippen LogP contribution >= 0.6 is 0 Å². The second kappa shape index (κ2) is 16.1. The fourth-order valence-corrected chi connectivity index (χ4v) is 5.37. The van der Waals surface area contributed by atoms with E-state index in [1.54, 1.807) is 72.8 Å². The fourth-order valence-electron chi connectivity index (χ4n) is 5.37. The van der Waals surface area contributed by atoms with Crippen molar-refractivity contribution < 1.29 is 19.1 Å². The molecule has 270 valence electrons. The van der Waals surface area contributed by atoms with Crippen LogP contribution in [0.15, 0.2) is 131 Å². The number of guanidine groups is 2. The second-order valence-corrected chi connectivity index (χ2v) is 12.0. The summed E-state index contributed by atoms with van der Waals surface area (Å²) in [5.41, 5.74) is 25.2. The molecule has 0 fully saturated rings. The molecule has 6 aromatic rings. The topological polar surface area (TPSA) is 253 Å². The number of hydrogen-bond donors (Lipinski definition) is 8. The number of nitrogens with two attached hydrogens (primary N) is 4. The Labute approximate surface area is 309 Å². The Morgan fingerprint density at radius 2 is 1.06 bits per heavy atom. The molecule has 54 heavy (non-hydrogen) atoms. The molecule has 1 aliphatic heterocycles. The Kier molecular flexibility index (Phi) is 10.7. The van der Waals surface area contributed by atoms with Crippen molar-refractivity contribution in [2.75, 3.05) is 18.4 Å². The Morgan fingerprint density at radius 3 is 1.50 bits per heavy atom.